The van der Waals surface area contributed by atoms with Crippen LogP contribution in [-0.4, -0.2) is 47.1 Å². The molecule has 9 heteroatoms. The summed E-state index contributed by atoms with van der Waals surface area (Å²) in [5.41, 5.74) is 0.944. The maximum atomic E-state index is 12.0. The maximum Gasteiger partial charge on any atom is 0.239 e. The van der Waals surface area contributed by atoms with E-state index in [-0.39, 0.29) is 18.4 Å². The van der Waals surface area contributed by atoms with Crippen LogP contribution in [0.3, 0.4) is 0 Å². The van der Waals surface area contributed by atoms with Crippen LogP contribution in [0.4, 0.5) is 10.3 Å². The number of hydrogen-bond acceptors (Lipinski definition) is 7. The van der Waals surface area contributed by atoms with Crippen LogP contribution in [0.2, 0.25) is 0 Å². The van der Waals surface area contributed by atoms with Crippen molar-refractivity contribution in [1.82, 2.24) is 20.5 Å². The average molecular weight is 346 g/mol. The van der Waals surface area contributed by atoms with Crippen molar-refractivity contribution >= 4 is 33.4 Å². The molecule has 24 heavy (non-hydrogen) atoms. The summed E-state index contributed by atoms with van der Waals surface area (Å²) in [5.74, 6) is -0.0371. The molecule has 0 aliphatic carbocycles. The lowest BCUT2D eigenvalue weighted by Gasteiger charge is -2.15. The molecule has 2 aromatic heterocycles. The van der Waals surface area contributed by atoms with Gasteiger partial charge in [0.1, 0.15) is 0 Å². The second kappa shape index (κ2) is 7.35. The SMILES string of the molecule is CN(CC(=O)NCc1cccnc1)c1nnc(N2CCCC2=O)s1. The Morgan fingerprint density at radius 1 is 1.46 bits per heavy atom. The van der Waals surface area contributed by atoms with E-state index in [1.165, 1.54) is 11.3 Å². The van der Waals surface area contributed by atoms with Gasteiger partial charge in [-0.1, -0.05) is 17.4 Å². The van der Waals surface area contributed by atoms with Gasteiger partial charge in [-0.25, -0.2) is 0 Å². The van der Waals surface area contributed by atoms with Crippen molar-refractivity contribution in [2.75, 3.05) is 29.9 Å². The minimum atomic E-state index is -0.115. The normalized spacial score (nSPS) is 14.0. The Kier molecular flexibility index (Phi) is 4.99. The van der Waals surface area contributed by atoms with Gasteiger partial charge in [0.2, 0.25) is 22.1 Å². The Morgan fingerprint density at radius 3 is 3.04 bits per heavy atom. The summed E-state index contributed by atoms with van der Waals surface area (Å²) in [7, 11) is 1.78. The van der Waals surface area contributed by atoms with E-state index in [1.54, 1.807) is 29.2 Å². The van der Waals surface area contributed by atoms with E-state index in [9.17, 15) is 9.59 Å². The molecule has 3 heterocycles. The number of carbonyl (C=O) groups is 2. The highest BCUT2D eigenvalue weighted by molar-refractivity contribution is 7.19. The fraction of sp³-hybridized carbons (Fsp3) is 0.400. The molecule has 0 atom stereocenters. The van der Waals surface area contributed by atoms with Crippen molar-refractivity contribution in [2.45, 2.75) is 19.4 Å². The number of amides is 2. The van der Waals surface area contributed by atoms with Crippen LogP contribution in [0.1, 0.15) is 18.4 Å². The third kappa shape index (κ3) is 3.85. The number of hydrogen-bond donors (Lipinski definition) is 1. The summed E-state index contributed by atoms with van der Waals surface area (Å²) >= 11 is 1.32. The first-order valence-corrected chi connectivity index (χ1v) is 8.46. The molecule has 0 spiro atoms. The fourth-order valence-corrected chi connectivity index (χ4v) is 3.21. The Hall–Kier alpha value is -2.55. The first kappa shape index (κ1) is 16.3. The van der Waals surface area contributed by atoms with E-state index < -0.39 is 0 Å². The Labute approximate surface area is 143 Å². The number of carbonyl (C=O) groups excluding carboxylic acids is 2. The van der Waals surface area contributed by atoms with Crippen LogP contribution in [0.15, 0.2) is 24.5 Å². The predicted molar refractivity (Wildman–Crippen MR) is 90.8 cm³/mol. The lowest BCUT2D eigenvalue weighted by molar-refractivity contribution is -0.120. The van der Waals surface area contributed by atoms with E-state index in [1.807, 2.05) is 12.1 Å². The average Bonchev–Trinajstić information content (AvgIpc) is 3.22. The molecular weight excluding hydrogens is 328 g/mol. The van der Waals surface area contributed by atoms with Gasteiger partial charge in [-0.3, -0.25) is 19.5 Å². The van der Waals surface area contributed by atoms with Crippen LogP contribution in [0.5, 0.6) is 0 Å². The van der Waals surface area contributed by atoms with Gasteiger partial charge in [0.05, 0.1) is 6.54 Å². The molecule has 0 radical (unpaired) electrons. The van der Waals surface area contributed by atoms with Gasteiger partial charge in [-0.2, -0.15) is 0 Å². The molecule has 126 valence electrons. The quantitative estimate of drug-likeness (QED) is 0.832. The molecule has 0 unspecified atom stereocenters. The largest absolute Gasteiger partial charge is 0.350 e. The second-order valence-electron chi connectivity index (χ2n) is 5.51. The van der Waals surface area contributed by atoms with E-state index in [0.717, 1.165) is 12.0 Å². The minimum absolute atomic E-state index is 0.0783. The van der Waals surface area contributed by atoms with Gasteiger partial charge in [0.15, 0.2) is 0 Å². The van der Waals surface area contributed by atoms with E-state index in [2.05, 4.69) is 20.5 Å². The van der Waals surface area contributed by atoms with Crippen molar-refractivity contribution in [2.24, 2.45) is 0 Å². The Bertz CT molecular complexity index is 720. The zero-order valence-electron chi connectivity index (χ0n) is 13.3. The summed E-state index contributed by atoms with van der Waals surface area (Å²) in [6.07, 6.45) is 4.81. The zero-order valence-corrected chi connectivity index (χ0v) is 14.1. The van der Waals surface area contributed by atoms with Crippen LogP contribution in [0.25, 0.3) is 0 Å². The predicted octanol–water partition coefficient (Wildman–Crippen LogP) is 0.812. The fourth-order valence-electron chi connectivity index (χ4n) is 2.36. The van der Waals surface area contributed by atoms with Gasteiger partial charge in [0.25, 0.3) is 0 Å². The Morgan fingerprint density at radius 2 is 2.33 bits per heavy atom. The zero-order chi connectivity index (χ0) is 16.9. The lowest BCUT2D eigenvalue weighted by atomic mass is 10.3. The highest BCUT2D eigenvalue weighted by atomic mass is 32.1. The summed E-state index contributed by atoms with van der Waals surface area (Å²) < 4.78 is 0. The monoisotopic (exact) mass is 346 g/mol. The van der Waals surface area contributed by atoms with E-state index in [0.29, 0.717) is 29.8 Å². The van der Waals surface area contributed by atoms with Crippen LogP contribution >= 0.6 is 11.3 Å². The standard InChI is InChI=1S/C15H18N6O2S/c1-20(10-12(22)17-9-11-4-2-6-16-8-11)14-18-19-15(24-14)21-7-3-5-13(21)23/h2,4,6,8H,3,5,7,9-10H2,1H3,(H,17,22). The number of likely N-dealkylation sites (N-methyl/N-ethyl adjacent to an activating group) is 1. The molecule has 0 aromatic carbocycles. The van der Waals surface area contributed by atoms with Crippen molar-refractivity contribution in [3.63, 3.8) is 0 Å². The van der Waals surface area contributed by atoms with Gasteiger partial charge in [0, 0.05) is 39.0 Å². The number of rotatable bonds is 6. The van der Waals surface area contributed by atoms with E-state index >= 15 is 0 Å². The highest BCUT2D eigenvalue weighted by Gasteiger charge is 2.25. The molecule has 0 bridgehead atoms. The molecular formula is C15H18N6O2S. The van der Waals surface area contributed by atoms with Gasteiger partial charge < -0.3 is 10.2 Å². The van der Waals surface area contributed by atoms with Crippen molar-refractivity contribution in [3.8, 4) is 0 Å². The molecule has 1 aliphatic heterocycles. The highest BCUT2D eigenvalue weighted by Crippen LogP contribution is 2.29. The lowest BCUT2D eigenvalue weighted by Crippen LogP contribution is -2.34. The maximum absolute atomic E-state index is 12.0. The van der Waals surface area contributed by atoms with Crippen LogP contribution in [-0.2, 0) is 16.1 Å². The number of aromatic nitrogens is 3. The Balaban J connectivity index is 1.53. The molecule has 1 aliphatic rings. The summed E-state index contributed by atoms with van der Waals surface area (Å²) in [6, 6.07) is 3.73. The molecule has 8 nitrogen and oxygen atoms in total. The molecule has 1 N–H and O–H groups in total. The summed E-state index contributed by atoms with van der Waals surface area (Å²) in [6.45, 7) is 1.29. The third-order valence-electron chi connectivity index (χ3n) is 3.63. The molecule has 0 saturated carbocycles. The van der Waals surface area contributed by atoms with Crippen LogP contribution < -0.4 is 15.1 Å². The van der Waals surface area contributed by atoms with E-state index in [4.69, 9.17) is 0 Å². The van der Waals surface area contributed by atoms with Gasteiger partial charge >= 0.3 is 0 Å². The topological polar surface area (TPSA) is 91.3 Å². The molecule has 1 fully saturated rings. The summed E-state index contributed by atoms with van der Waals surface area (Å²) in [5, 5.41) is 12.2. The number of nitrogens with one attached hydrogen (secondary N) is 1. The molecule has 2 aromatic rings. The first-order chi connectivity index (χ1) is 11.6. The summed E-state index contributed by atoms with van der Waals surface area (Å²) in [4.78, 5) is 31.1. The van der Waals surface area contributed by atoms with Crippen molar-refractivity contribution in [3.05, 3.63) is 30.1 Å². The second-order valence-corrected chi connectivity index (χ2v) is 6.44. The minimum Gasteiger partial charge on any atom is -0.350 e. The number of anilines is 2. The molecule has 1 saturated heterocycles. The van der Waals surface area contributed by atoms with Crippen molar-refractivity contribution in [1.29, 1.82) is 0 Å². The first-order valence-electron chi connectivity index (χ1n) is 7.64. The van der Waals surface area contributed by atoms with Crippen molar-refractivity contribution < 1.29 is 9.59 Å². The smallest absolute Gasteiger partial charge is 0.239 e. The van der Waals surface area contributed by atoms with Gasteiger partial charge in [-0.05, 0) is 18.1 Å². The van der Waals surface area contributed by atoms with Gasteiger partial charge in [-0.15, -0.1) is 10.2 Å². The molecule has 2 amide bonds. The third-order valence-corrected chi connectivity index (χ3v) is 4.69. The number of pyridine rings is 1. The van der Waals surface area contributed by atoms with Crippen LogP contribution in [0, 0.1) is 0 Å². The molecule has 3 rings (SSSR count). The number of nitrogens with zero attached hydrogens (tertiary/aromatic N) is 5.